The molecule has 0 spiro atoms. The third-order valence-electron chi connectivity index (χ3n) is 6.09. The van der Waals surface area contributed by atoms with Crippen molar-refractivity contribution >= 4 is 27.6 Å². The quantitative estimate of drug-likeness (QED) is 0.258. The second-order valence-corrected chi connectivity index (χ2v) is 9.58. The molecule has 1 saturated carbocycles. The highest BCUT2D eigenvalue weighted by atomic mass is 79.9. The summed E-state index contributed by atoms with van der Waals surface area (Å²) in [6, 6.07) is 7.92. The Morgan fingerprint density at radius 2 is 1.74 bits per heavy atom. The lowest BCUT2D eigenvalue weighted by molar-refractivity contribution is 0.0130. The van der Waals surface area contributed by atoms with Gasteiger partial charge in [0.05, 0.1) is 6.10 Å². The number of unbranched alkanes of at least 4 members (excludes halogenated alkanes) is 4. The topological polar surface area (TPSA) is 44.8 Å². The van der Waals surface area contributed by atoms with Crippen LogP contribution in [0, 0.1) is 0 Å². The smallest absolute Gasteiger partial charge is 0.321 e. The predicted molar refractivity (Wildman–Crippen MR) is 134 cm³/mol. The van der Waals surface area contributed by atoms with Gasteiger partial charge in [0.1, 0.15) is 0 Å². The van der Waals surface area contributed by atoms with E-state index in [4.69, 9.17) is 4.74 Å². The summed E-state index contributed by atoms with van der Waals surface area (Å²) in [5.74, 6) is 0. The van der Waals surface area contributed by atoms with Crippen molar-refractivity contribution in [3.05, 3.63) is 41.4 Å². The fourth-order valence-electron chi connectivity index (χ4n) is 4.09. The van der Waals surface area contributed by atoms with Gasteiger partial charge < -0.3 is 19.9 Å². The number of hydrogen-bond acceptors (Lipinski definition) is 3. The zero-order chi connectivity index (χ0) is 22.5. The van der Waals surface area contributed by atoms with E-state index in [9.17, 15) is 4.79 Å². The van der Waals surface area contributed by atoms with Crippen LogP contribution in [-0.4, -0.2) is 61.8 Å². The summed E-state index contributed by atoms with van der Waals surface area (Å²) in [6.45, 7) is 6.77. The van der Waals surface area contributed by atoms with Gasteiger partial charge in [-0.25, -0.2) is 4.79 Å². The van der Waals surface area contributed by atoms with Crippen molar-refractivity contribution < 1.29 is 9.53 Å². The van der Waals surface area contributed by atoms with E-state index in [1.54, 1.807) is 0 Å². The zero-order valence-corrected chi connectivity index (χ0v) is 20.9. The lowest BCUT2D eigenvalue weighted by Crippen LogP contribution is -2.42. The van der Waals surface area contributed by atoms with E-state index in [-0.39, 0.29) is 12.1 Å². The third kappa shape index (κ3) is 10.2. The number of carbonyl (C=O) groups excluding carboxylic acids is 1. The van der Waals surface area contributed by atoms with Gasteiger partial charge in [-0.2, -0.15) is 0 Å². The molecule has 1 aliphatic carbocycles. The Balaban J connectivity index is 1.52. The molecule has 31 heavy (non-hydrogen) atoms. The van der Waals surface area contributed by atoms with Crippen molar-refractivity contribution in [3.63, 3.8) is 0 Å². The van der Waals surface area contributed by atoms with E-state index in [2.05, 4.69) is 39.8 Å². The Morgan fingerprint density at radius 3 is 2.42 bits per heavy atom. The molecule has 5 nitrogen and oxygen atoms in total. The highest BCUT2D eigenvalue weighted by Crippen LogP contribution is 2.25. The summed E-state index contributed by atoms with van der Waals surface area (Å²) >= 11 is 3.42. The van der Waals surface area contributed by atoms with Crippen LogP contribution in [0.5, 0.6) is 0 Å². The summed E-state index contributed by atoms with van der Waals surface area (Å²) in [7, 11) is 4.05. The van der Waals surface area contributed by atoms with Gasteiger partial charge in [-0.1, -0.05) is 41.3 Å². The molecule has 2 amide bonds. The summed E-state index contributed by atoms with van der Waals surface area (Å²) < 4.78 is 7.12. The maximum atomic E-state index is 12.5. The number of nitrogens with zero attached hydrogens (tertiary/aromatic N) is 2. The number of likely N-dealkylation sites (N-methyl/N-ethyl adjacent to an activating group) is 1. The van der Waals surface area contributed by atoms with Crippen molar-refractivity contribution in [1.29, 1.82) is 0 Å². The number of hydrogen-bond donors (Lipinski definition) is 1. The fraction of sp³-hybridized carbons (Fsp3) is 0.640. The summed E-state index contributed by atoms with van der Waals surface area (Å²) in [5, 5.41) is 2.98. The molecular formula is C25H40BrN3O2. The molecule has 1 fully saturated rings. The van der Waals surface area contributed by atoms with Crippen LogP contribution in [0.2, 0.25) is 0 Å². The molecule has 0 bridgehead atoms. The monoisotopic (exact) mass is 493 g/mol. The predicted octanol–water partition coefficient (Wildman–Crippen LogP) is 6.31. The molecule has 0 unspecified atom stereocenters. The minimum absolute atomic E-state index is 0.0395. The summed E-state index contributed by atoms with van der Waals surface area (Å²) in [4.78, 5) is 16.7. The van der Waals surface area contributed by atoms with Gasteiger partial charge in [0.25, 0.3) is 0 Å². The van der Waals surface area contributed by atoms with Crippen molar-refractivity contribution in [1.82, 2.24) is 9.80 Å². The lowest BCUT2D eigenvalue weighted by Gasteiger charge is -2.34. The van der Waals surface area contributed by atoms with E-state index in [1.165, 1.54) is 25.7 Å². The number of nitrogens with one attached hydrogen (secondary N) is 1. The number of amides is 2. The number of rotatable bonds is 13. The zero-order valence-electron chi connectivity index (χ0n) is 19.3. The van der Waals surface area contributed by atoms with E-state index < -0.39 is 0 Å². The van der Waals surface area contributed by atoms with Crippen LogP contribution in [0.25, 0.3) is 0 Å². The molecule has 1 N–H and O–H groups in total. The van der Waals surface area contributed by atoms with Gasteiger partial charge in [0.2, 0.25) is 0 Å². The number of ether oxygens (including phenoxy) is 1. The third-order valence-corrected chi connectivity index (χ3v) is 6.61. The van der Waals surface area contributed by atoms with Crippen LogP contribution in [0.15, 0.2) is 41.4 Å². The minimum Gasteiger partial charge on any atom is -0.378 e. The van der Waals surface area contributed by atoms with Crippen LogP contribution in [0.4, 0.5) is 10.5 Å². The molecule has 1 aliphatic rings. The van der Waals surface area contributed by atoms with E-state index in [0.717, 1.165) is 62.0 Å². The molecule has 0 heterocycles. The van der Waals surface area contributed by atoms with Crippen molar-refractivity contribution in [2.24, 2.45) is 0 Å². The molecule has 6 heteroatoms. The highest BCUT2D eigenvalue weighted by Gasteiger charge is 2.26. The summed E-state index contributed by atoms with van der Waals surface area (Å²) in [6.07, 6.45) is 12.6. The van der Waals surface area contributed by atoms with Gasteiger partial charge in [-0.05, 0) is 76.4 Å². The second kappa shape index (κ2) is 14.6. The number of urea groups is 1. The second-order valence-electron chi connectivity index (χ2n) is 8.67. The van der Waals surface area contributed by atoms with Crippen LogP contribution in [0.1, 0.15) is 57.8 Å². The van der Waals surface area contributed by atoms with Crippen LogP contribution in [-0.2, 0) is 4.74 Å². The Hall–Kier alpha value is -1.37. The SMILES string of the molecule is C=CCN(C)CCCCCCCOC1CCC(N(C)C(=O)Nc2ccc(Br)cc2)CC1. The molecule has 0 atom stereocenters. The number of anilines is 1. The van der Waals surface area contributed by atoms with Crippen molar-refractivity contribution in [3.8, 4) is 0 Å². The Morgan fingerprint density at radius 1 is 1.10 bits per heavy atom. The molecule has 1 aromatic carbocycles. The molecular weight excluding hydrogens is 454 g/mol. The van der Waals surface area contributed by atoms with Crippen molar-refractivity contribution in [2.75, 3.05) is 39.1 Å². The average molecular weight is 495 g/mol. The van der Waals surface area contributed by atoms with Gasteiger partial charge >= 0.3 is 6.03 Å². The van der Waals surface area contributed by atoms with Crippen molar-refractivity contribution in [2.45, 2.75) is 69.9 Å². The first-order valence-corrected chi connectivity index (χ1v) is 12.5. The Kier molecular flexibility index (Phi) is 12.2. The molecule has 174 valence electrons. The summed E-state index contributed by atoms with van der Waals surface area (Å²) in [5.41, 5.74) is 0.820. The number of halogens is 1. The first kappa shape index (κ1) is 25.9. The molecule has 1 aromatic rings. The fourth-order valence-corrected chi connectivity index (χ4v) is 4.35. The van der Waals surface area contributed by atoms with Gasteiger partial charge in [-0.3, -0.25) is 0 Å². The maximum absolute atomic E-state index is 12.5. The van der Waals surface area contributed by atoms with Gasteiger partial charge in [0.15, 0.2) is 0 Å². The van der Waals surface area contributed by atoms with Gasteiger partial charge in [0, 0.05) is 36.4 Å². The van der Waals surface area contributed by atoms with Crippen LogP contribution < -0.4 is 5.32 Å². The molecule has 0 saturated heterocycles. The Labute approximate surface area is 197 Å². The lowest BCUT2D eigenvalue weighted by atomic mass is 9.92. The minimum atomic E-state index is -0.0395. The first-order chi connectivity index (χ1) is 15.0. The average Bonchev–Trinajstić information content (AvgIpc) is 2.77. The number of benzene rings is 1. The normalized spacial score (nSPS) is 18.7. The Bertz CT molecular complexity index is 645. The largest absolute Gasteiger partial charge is 0.378 e. The first-order valence-electron chi connectivity index (χ1n) is 11.7. The molecule has 2 rings (SSSR count). The van der Waals surface area contributed by atoms with E-state index in [0.29, 0.717) is 6.10 Å². The van der Waals surface area contributed by atoms with Gasteiger partial charge in [-0.15, -0.1) is 6.58 Å². The molecule has 0 radical (unpaired) electrons. The molecule has 0 aliphatic heterocycles. The van der Waals surface area contributed by atoms with E-state index >= 15 is 0 Å². The van der Waals surface area contributed by atoms with Crippen LogP contribution >= 0.6 is 15.9 Å². The van der Waals surface area contributed by atoms with Crippen LogP contribution in [0.3, 0.4) is 0 Å². The standard InChI is InChI=1S/C25H40BrN3O2/c1-4-18-28(2)19-8-6-5-7-9-20-31-24-16-14-23(15-17-24)29(3)25(30)27-22-12-10-21(26)11-13-22/h4,10-13,23-24H,1,5-9,14-20H2,2-3H3,(H,27,30). The van der Waals surface area contributed by atoms with E-state index in [1.807, 2.05) is 42.3 Å². The number of carbonyl (C=O) groups is 1. The maximum Gasteiger partial charge on any atom is 0.321 e. The molecule has 0 aromatic heterocycles. The highest BCUT2D eigenvalue weighted by molar-refractivity contribution is 9.10.